The molecule has 0 rings (SSSR count). The highest BCUT2D eigenvalue weighted by Gasteiger charge is 2.32. The van der Waals surface area contributed by atoms with Crippen LogP contribution in [0.5, 0.6) is 0 Å². The number of halogens is 3. The minimum atomic E-state index is -4.38. The Morgan fingerprint density at radius 2 is 1.85 bits per heavy atom. The lowest BCUT2D eigenvalue weighted by atomic mass is 10.1. The SMILES string of the molecule is C=C/C=C(/C=C/C)C(=C)C(F)(F)F. The molecule has 0 atom stereocenters. The Morgan fingerprint density at radius 1 is 1.31 bits per heavy atom. The molecule has 13 heavy (non-hydrogen) atoms. The molecule has 0 spiro atoms. The molecule has 0 bridgehead atoms. The summed E-state index contributed by atoms with van der Waals surface area (Å²) in [5, 5.41) is 0. The van der Waals surface area contributed by atoms with E-state index in [0.717, 1.165) is 0 Å². The van der Waals surface area contributed by atoms with Crippen LogP contribution in [-0.4, -0.2) is 6.18 Å². The monoisotopic (exact) mass is 188 g/mol. The molecule has 3 heteroatoms. The minimum Gasteiger partial charge on any atom is -0.166 e. The maximum Gasteiger partial charge on any atom is 0.416 e. The molecule has 0 aliphatic heterocycles. The second-order valence-corrected chi connectivity index (χ2v) is 2.33. The van der Waals surface area contributed by atoms with Crippen molar-refractivity contribution in [1.29, 1.82) is 0 Å². The molecule has 0 heterocycles. The quantitative estimate of drug-likeness (QED) is 0.591. The van der Waals surface area contributed by atoms with E-state index in [9.17, 15) is 13.2 Å². The average Bonchev–Trinajstić information content (AvgIpc) is 2.01. The largest absolute Gasteiger partial charge is 0.416 e. The van der Waals surface area contributed by atoms with Gasteiger partial charge in [0, 0.05) is 0 Å². The second-order valence-electron chi connectivity index (χ2n) is 2.33. The molecule has 0 saturated heterocycles. The van der Waals surface area contributed by atoms with E-state index in [1.54, 1.807) is 6.92 Å². The van der Waals surface area contributed by atoms with Gasteiger partial charge in [-0.3, -0.25) is 0 Å². The predicted molar refractivity (Wildman–Crippen MR) is 48.3 cm³/mol. The van der Waals surface area contributed by atoms with Crippen LogP contribution in [0.1, 0.15) is 6.92 Å². The third-order valence-corrected chi connectivity index (χ3v) is 1.33. The molecule has 0 aliphatic rings. The van der Waals surface area contributed by atoms with Crippen molar-refractivity contribution >= 4 is 0 Å². The molecule has 0 aromatic carbocycles. The average molecular weight is 188 g/mol. The highest BCUT2D eigenvalue weighted by molar-refractivity contribution is 5.42. The number of hydrogen-bond donors (Lipinski definition) is 0. The van der Waals surface area contributed by atoms with Crippen LogP contribution < -0.4 is 0 Å². The van der Waals surface area contributed by atoms with Gasteiger partial charge in [-0.05, 0) is 12.5 Å². The first kappa shape index (κ1) is 11.8. The van der Waals surface area contributed by atoms with Crippen molar-refractivity contribution in [1.82, 2.24) is 0 Å². The summed E-state index contributed by atoms with van der Waals surface area (Å²) in [4.78, 5) is 0. The van der Waals surface area contributed by atoms with E-state index in [1.165, 1.54) is 24.3 Å². The van der Waals surface area contributed by atoms with Gasteiger partial charge in [0.15, 0.2) is 0 Å². The first-order valence-electron chi connectivity index (χ1n) is 3.65. The molecular formula is C10H11F3. The molecule has 0 amide bonds. The van der Waals surface area contributed by atoms with Crippen LogP contribution in [0.4, 0.5) is 13.2 Å². The molecule has 0 fully saturated rings. The third-order valence-electron chi connectivity index (χ3n) is 1.33. The van der Waals surface area contributed by atoms with Crippen molar-refractivity contribution < 1.29 is 13.2 Å². The zero-order valence-corrected chi connectivity index (χ0v) is 7.36. The summed E-state index contributed by atoms with van der Waals surface area (Å²) in [5.74, 6) is 0. The Morgan fingerprint density at radius 3 is 2.15 bits per heavy atom. The first-order valence-corrected chi connectivity index (χ1v) is 3.65. The number of hydrogen-bond acceptors (Lipinski definition) is 0. The molecule has 0 radical (unpaired) electrons. The van der Waals surface area contributed by atoms with Crippen LogP contribution in [0.2, 0.25) is 0 Å². The van der Waals surface area contributed by atoms with Crippen molar-refractivity contribution in [2.45, 2.75) is 13.1 Å². The van der Waals surface area contributed by atoms with Crippen LogP contribution in [-0.2, 0) is 0 Å². The van der Waals surface area contributed by atoms with E-state index in [2.05, 4.69) is 13.2 Å². The lowest BCUT2D eigenvalue weighted by Crippen LogP contribution is -2.11. The van der Waals surface area contributed by atoms with Gasteiger partial charge >= 0.3 is 6.18 Å². The van der Waals surface area contributed by atoms with Crippen molar-refractivity contribution in [2.75, 3.05) is 0 Å². The van der Waals surface area contributed by atoms with Crippen molar-refractivity contribution in [3.05, 3.63) is 48.6 Å². The van der Waals surface area contributed by atoms with Crippen molar-refractivity contribution in [3.63, 3.8) is 0 Å². The van der Waals surface area contributed by atoms with Gasteiger partial charge in [0.2, 0.25) is 0 Å². The molecule has 0 aromatic heterocycles. The topological polar surface area (TPSA) is 0 Å². The first-order chi connectivity index (χ1) is 5.93. The second kappa shape index (κ2) is 4.70. The minimum absolute atomic E-state index is 0.0324. The van der Waals surface area contributed by atoms with Gasteiger partial charge in [-0.2, -0.15) is 13.2 Å². The molecule has 0 saturated carbocycles. The summed E-state index contributed by atoms with van der Waals surface area (Å²) in [7, 11) is 0. The van der Waals surface area contributed by atoms with E-state index in [-0.39, 0.29) is 5.57 Å². The van der Waals surface area contributed by atoms with Crippen molar-refractivity contribution in [2.24, 2.45) is 0 Å². The summed E-state index contributed by atoms with van der Waals surface area (Å²) in [6, 6.07) is 0. The summed E-state index contributed by atoms with van der Waals surface area (Å²) in [6.07, 6.45) is 1.06. The van der Waals surface area contributed by atoms with E-state index in [0.29, 0.717) is 0 Å². The van der Waals surface area contributed by atoms with Crippen LogP contribution in [0.3, 0.4) is 0 Å². The summed E-state index contributed by atoms with van der Waals surface area (Å²) >= 11 is 0. The maximum absolute atomic E-state index is 12.1. The molecule has 0 unspecified atom stereocenters. The molecule has 72 valence electrons. The van der Waals surface area contributed by atoms with Crippen molar-refractivity contribution in [3.8, 4) is 0 Å². The van der Waals surface area contributed by atoms with Crippen LogP contribution in [0, 0.1) is 0 Å². The van der Waals surface area contributed by atoms with Gasteiger partial charge in [-0.1, -0.05) is 37.5 Å². The predicted octanol–water partition coefficient (Wildman–Crippen LogP) is 3.79. The molecule has 0 aromatic rings. The Labute approximate surface area is 75.8 Å². The van der Waals surface area contributed by atoms with Gasteiger partial charge in [-0.25, -0.2) is 0 Å². The zero-order chi connectivity index (χ0) is 10.5. The van der Waals surface area contributed by atoms with Gasteiger partial charge < -0.3 is 0 Å². The summed E-state index contributed by atoms with van der Waals surface area (Å²) in [5.41, 5.74) is -0.824. The summed E-state index contributed by atoms with van der Waals surface area (Å²) < 4.78 is 36.4. The highest BCUT2D eigenvalue weighted by atomic mass is 19.4. The fourth-order valence-electron chi connectivity index (χ4n) is 0.727. The Balaban J connectivity index is 4.88. The Bertz CT molecular complexity index is 254. The van der Waals surface area contributed by atoms with Crippen LogP contribution >= 0.6 is 0 Å². The standard InChI is InChI=1S/C10H11F3/c1-4-6-9(7-5-2)8(3)10(11,12)13/h4-7H,1,3H2,2H3/b7-5+,9-6-. The molecule has 0 aliphatic carbocycles. The highest BCUT2D eigenvalue weighted by Crippen LogP contribution is 2.30. The molecular weight excluding hydrogens is 177 g/mol. The fraction of sp³-hybridized carbons (Fsp3) is 0.200. The Kier molecular flexibility index (Phi) is 4.25. The van der Waals surface area contributed by atoms with Gasteiger partial charge in [-0.15, -0.1) is 0 Å². The summed E-state index contributed by atoms with van der Waals surface area (Å²) in [6.45, 7) is 7.94. The molecule has 0 nitrogen and oxygen atoms in total. The number of allylic oxidation sites excluding steroid dienone is 6. The van der Waals surface area contributed by atoms with Crippen LogP contribution in [0.15, 0.2) is 48.6 Å². The van der Waals surface area contributed by atoms with Gasteiger partial charge in [0.25, 0.3) is 0 Å². The smallest absolute Gasteiger partial charge is 0.166 e. The normalized spacial score (nSPS) is 13.4. The zero-order valence-electron chi connectivity index (χ0n) is 7.36. The van der Waals surface area contributed by atoms with Gasteiger partial charge in [0.1, 0.15) is 0 Å². The van der Waals surface area contributed by atoms with E-state index in [1.807, 2.05) is 0 Å². The van der Waals surface area contributed by atoms with E-state index >= 15 is 0 Å². The van der Waals surface area contributed by atoms with E-state index < -0.39 is 11.7 Å². The fourth-order valence-corrected chi connectivity index (χ4v) is 0.727. The van der Waals surface area contributed by atoms with Gasteiger partial charge in [0.05, 0.1) is 5.57 Å². The number of alkyl halides is 3. The molecule has 0 N–H and O–H groups in total. The maximum atomic E-state index is 12.1. The number of rotatable bonds is 3. The lowest BCUT2D eigenvalue weighted by molar-refractivity contribution is -0.0886. The third kappa shape index (κ3) is 3.78. The lowest BCUT2D eigenvalue weighted by Gasteiger charge is -2.10. The van der Waals surface area contributed by atoms with E-state index in [4.69, 9.17) is 0 Å². The van der Waals surface area contributed by atoms with Crippen LogP contribution in [0.25, 0.3) is 0 Å². The Hall–Kier alpha value is -1.25.